The Hall–Kier alpha value is -3.18. The minimum atomic E-state index is -0.827. The Bertz CT molecular complexity index is 1300. The fourth-order valence-electron chi connectivity index (χ4n) is 9.17. The molecular formula is C60H110O12. The molecule has 0 aromatic rings. The van der Waals surface area contributed by atoms with Crippen LogP contribution in [-0.4, -0.2) is 73.9 Å². The summed E-state index contributed by atoms with van der Waals surface area (Å²) in [5, 5.41) is 0. The number of unbranched alkanes of at least 4 members (excludes halogenated alkanes) is 36. The number of ether oxygens (including phenoxy) is 6. The molecule has 0 heterocycles. The standard InChI is InChI=1S/C60H110O12/c1-6-8-10-12-14-16-18-21-26-30-34-38-42-46-58(64)68-49-55(72-60(66)48-44-40-36-32-28-22-19-17-15-13-11-9-7-2)50-69-59(65)47-43-39-35-31-27-24-20-23-25-29-33-37-41-45-56(70-53(4)62)57(71-54(5)63)51-67-52(3)61/h55-57H,6-51H2,1-5H3. The Morgan fingerprint density at radius 3 is 0.861 bits per heavy atom. The maximum Gasteiger partial charge on any atom is 0.306 e. The van der Waals surface area contributed by atoms with E-state index >= 15 is 0 Å². The van der Waals surface area contributed by atoms with Gasteiger partial charge in [-0.3, -0.25) is 28.8 Å². The van der Waals surface area contributed by atoms with Crippen LogP contribution in [0.25, 0.3) is 0 Å². The molecule has 422 valence electrons. The van der Waals surface area contributed by atoms with Gasteiger partial charge in [-0.2, -0.15) is 0 Å². The van der Waals surface area contributed by atoms with Gasteiger partial charge in [0, 0.05) is 40.0 Å². The van der Waals surface area contributed by atoms with Gasteiger partial charge in [-0.1, -0.05) is 239 Å². The molecule has 0 amide bonds. The second-order valence-corrected chi connectivity index (χ2v) is 20.7. The Balaban J connectivity index is 4.41. The number of carbonyl (C=O) groups is 6. The van der Waals surface area contributed by atoms with Crippen molar-refractivity contribution in [1.29, 1.82) is 0 Å². The van der Waals surface area contributed by atoms with Crippen molar-refractivity contribution in [3.63, 3.8) is 0 Å². The van der Waals surface area contributed by atoms with Crippen LogP contribution in [0.5, 0.6) is 0 Å². The highest BCUT2D eigenvalue weighted by Gasteiger charge is 2.28. The minimum Gasteiger partial charge on any atom is -0.462 e. The van der Waals surface area contributed by atoms with E-state index in [1.54, 1.807) is 0 Å². The van der Waals surface area contributed by atoms with Crippen LogP contribution in [0, 0.1) is 0 Å². The van der Waals surface area contributed by atoms with Gasteiger partial charge in [0.25, 0.3) is 0 Å². The summed E-state index contributed by atoms with van der Waals surface area (Å²) < 4.78 is 32.6. The van der Waals surface area contributed by atoms with Crippen LogP contribution in [0.1, 0.15) is 311 Å². The highest BCUT2D eigenvalue weighted by atomic mass is 16.6. The molecule has 0 N–H and O–H groups in total. The van der Waals surface area contributed by atoms with Crippen molar-refractivity contribution < 1.29 is 57.2 Å². The first kappa shape index (κ1) is 68.8. The van der Waals surface area contributed by atoms with Crippen molar-refractivity contribution >= 4 is 35.8 Å². The lowest BCUT2D eigenvalue weighted by molar-refractivity contribution is -0.173. The smallest absolute Gasteiger partial charge is 0.306 e. The third-order valence-corrected chi connectivity index (χ3v) is 13.5. The van der Waals surface area contributed by atoms with Crippen molar-refractivity contribution in [3.8, 4) is 0 Å². The summed E-state index contributed by atoms with van der Waals surface area (Å²) in [6.45, 7) is 8.02. The van der Waals surface area contributed by atoms with Gasteiger partial charge >= 0.3 is 35.8 Å². The zero-order chi connectivity index (χ0) is 53.0. The number of rotatable bonds is 54. The molecule has 0 saturated heterocycles. The summed E-state index contributed by atoms with van der Waals surface area (Å²) in [7, 11) is 0. The quantitative estimate of drug-likeness (QED) is 0.0323. The molecule has 0 aliphatic rings. The zero-order valence-corrected chi connectivity index (χ0v) is 47.2. The molecule has 3 unspecified atom stereocenters. The maximum absolute atomic E-state index is 12.8. The molecule has 0 aromatic heterocycles. The third-order valence-electron chi connectivity index (χ3n) is 13.5. The predicted octanol–water partition coefficient (Wildman–Crippen LogP) is 16.2. The average molecular weight is 1020 g/mol. The normalized spacial score (nSPS) is 12.5. The fraction of sp³-hybridized carbons (Fsp3) is 0.900. The highest BCUT2D eigenvalue weighted by Crippen LogP contribution is 2.19. The topological polar surface area (TPSA) is 158 Å². The summed E-state index contributed by atoms with van der Waals surface area (Å²) in [6.07, 6.45) is 45.0. The SMILES string of the molecule is CCCCCCCCCCCCCCCC(=O)OCC(COC(=O)CCCCCCCCCCCCCCCC(OC(C)=O)C(COC(C)=O)OC(C)=O)OC(=O)CCCCCCCCCCCCCCC. The summed E-state index contributed by atoms with van der Waals surface area (Å²) >= 11 is 0. The van der Waals surface area contributed by atoms with Crippen molar-refractivity contribution in [3.05, 3.63) is 0 Å². The molecule has 0 bridgehead atoms. The third kappa shape index (κ3) is 50.4. The fourth-order valence-corrected chi connectivity index (χ4v) is 9.17. The maximum atomic E-state index is 12.8. The van der Waals surface area contributed by atoms with Gasteiger partial charge in [-0.15, -0.1) is 0 Å². The zero-order valence-electron chi connectivity index (χ0n) is 47.2. The molecule has 0 spiro atoms. The molecule has 0 aliphatic carbocycles. The van der Waals surface area contributed by atoms with Crippen LogP contribution in [0.3, 0.4) is 0 Å². The molecular weight excluding hydrogens is 913 g/mol. The van der Waals surface area contributed by atoms with E-state index in [9.17, 15) is 28.8 Å². The second-order valence-electron chi connectivity index (χ2n) is 20.7. The van der Waals surface area contributed by atoms with Crippen LogP contribution in [0.15, 0.2) is 0 Å². The summed E-state index contributed by atoms with van der Waals surface area (Å²) in [5.41, 5.74) is 0. The molecule has 12 heteroatoms. The van der Waals surface area contributed by atoms with E-state index in [2.05, 4.69) is 13.8 Å². The van der Waals surface area contributed by atoms with Gasteiger partial charge in [0.2, 0.25) is 0 Å². The second kappa shape index (κ2) is 52.7. The summed E-state index contributed by atoms with van der Waals surface area (Å²) in [4.78, 5) is 72.8. The number of hydrogen-bond acceptors (Lipinski definition) is 12. The van der Waals surface area contributed by atoms with E-state index in [0.717, 1.165) is 89.9 Å². The Kier molecular flexibility index (Phi) is 50.3. The first-order chi connectivity index (χ1) is 35.0. The van der Waals surface area contributed by atoms with Gasteiger partial charge in [0.1, 0.15) is 25.9 Å². The molecule has 0 saturated carbocycles. The number of carbonyl (C=O) groups excluding carboxylic acids is 6. The van der Waals surface area contributed by atoms with E-state index in [1.807, 2.05) is 0 Å². The predicted molar refractivity (Wildman–Crippen MR) is 289 cm³/mol. The number of esters is 6. The lowest BCUT2D eigenvalue weighted by atomic mass is 10.0. The Labute approximate surface area is 440 Å². The summed E-state index contributed by atoms with van der Waals surface area (Å²) in [5.74, 6) is -2.44. The van der Waals surface area contributed by atoms with Crippen molar-refractivity contribution in [1.82, 2.24) is 0 Å². The number of hydrogen-bond donors (Lipinski definition) is 0. The molecule has 12 nitrogen and oxygen atoms in total. The van der Waals surface area contributed by atoms with Crippen LogP contribution >= 0.6 is 0 Å². The largest absolute Gasteiger partial charge is 0.462 e. The van der Waals surface area contributed by atoms with Crippen LogP contribution in [-0.2, 0) is 57.2 Å². The van der Waals surface area contributed by atoms with Crippen molar-refractivity contribution in [2.24, 2.45) is 0 Å². The van der Waals surface area contributed by atoms with Crippen LogP contribution < -0.4 is 0 Å². The first-order valence-electron chi connectivity index (χ1n) is 30.0. The first-order valence-corrected chi connectivity index (χ1v) is 30.0. The van der Waals surface area contributed by atoms with Crippen LogP contribution in [0.2, 0.25) is 0 Å². The minimum absolute atomic E-state index is 0.101. The molecule has 0 fully saturated rings. The van der Waals surface area contributed by atoms with Gasteiger partial charge in [0.15, 0.2) is 12.2 Å². The van der Waals surface area contributed by atoms with Gasteiger partial charge < -0.3 is 28.4 Å². The Morgan fingerprint density at radius 2 is 0.556 bits per heavy atom. The van der Waals surface area contributed by atoms with Crippen molar-refractivity contribution in [2.45, 2.75) is 329 Å². The van der Waals surface area contributed by atoms with Crippen molar-refractivity contribution in [2.75, 3.05) is 19.8 Å². The van der Waals surface area contributed by atoms with E-state index in [1.165, 1.54) is 181 Å². The Morgan fingerprint density at radius 1 is 0.278 bits per heavy atom. The van der Waals surface area contributed by atoms with E-state index in [0.29, 0.717) is 25.7 Å². The molecule has 0 aliphatic heterocycles. The lowest BCUT2D eigenvalue weighted by Crippen LogP contribution is -2.38. The average Bonchev–Trinajstić information content (AvgIpc) is 3.34. The molecule has 0 rings (SSSR count). The molecule has 72 heavy (non-hydrogen) atoms. The van der Waals surface area contributed by atoms with Gasteiger partial charge in [-0.05, 0) is 32.1 Å². The molecule has 0 aromatic carbocycles. The van der Waals surface area contributed by atoms with E-state index < -0.39 is 36.2 Å². The van der Waals surface area contributed by atoms with Gasteiger partial charge in [-0.25, -0.2) is 0 Å². The lowest BCUT2D eigenvalue weighted by Gasteiger charge is -2.26. The van der Waals surface area contributed by atoms with Gasteiger partial charge in [0.05, 0.1) is 0 Å². The molecule has 3 atom stereocenters. The van der Waals surface area contributed by atoms with E-state index in [4.69, 9.17) is 28.4 Å². The monoisotopic (exact) mass is 1020 g/mol. The van der Waals surface area contributed by atoms with E-state index in [-0.39, 0.29) is 37.7 Å². The van der Waals surface area contributed by atoms with Crippen LogP contribution in [0.4, 0.5) is 0 Å². The highest BCUT2D eigenvalue weighted by molar-refractivity contribution is 5.71. The summed E-state index contributed by atoms with van der Waals surface area (Å²) in [6, 6.07) is 0. The molecule has 0 radical (unpaired) electrons.